The monoisotopic (exact) mass is 236 g/mol. The third-order valence-electron chi connectivity index (χ3n) is 2.90. The predicted molar refractivity (Wildman–Crippen MR) is 61.7 cm³/mol. The zero-order valence-corrected chi connectivity index (χ0v) is 9.96. The molecule has 1 N–H and O–H groups in total. The number of amides is 1. The van der Waals surface area contributed by atoms with Crippen molar-refractivity contribution in [3.8, 4) is 0 Å². The number of hydrogen-bond donors (Lipinski definition) is 1. The Kier molecular flexibility index (Phi) is 2.92. The Morgan fingerprint density at radius 3 is 2.88 bits per heavy atom. The lowest BCUT2D eigenvalue weighted by molar-refractivity contribution is -0.143. The van der Waals surface area contributed by atoms with E-state index in [0.717, 1.165) is 0 Å². The van der Waals surface area contributed by atoms with E-state index in [2.05, 4.69) is 0 Å². The summed E-state index contributed by atoms with van der Waals surface area (Å²) >= 11 is 0. The van der Waals surface area contributed by atoms with Crippen molar-refractivity contribution in [3.05, 3.63) is 24.0 Å². The molecule has 2 heterocycles. The highest BCUT2D eigenvalue weighted by Gasteiger charge is 2.36. The van der Waals surface area contributed by atoms with Gasteiger partial charge in [-0.2, -0.15) is 0 Å². The van der Waals surface area contributed by atoms with Crippen LogP contribution in [0, 0.1) is 5.92 Å². The predicted octanol–water partition coefficient (Wildman–Crippen LogP) is 1.05. The Labute approximate surface area is 99.6 Å². The van der Waals surface area contributed by atoms with Gasteiger partial charge in [0.2, 0.25) is 0 Å². The van der Waals surface area contributed by atoms with E-state index in [1.54, 1.807) is 22.9 Å². The molecular weight excluding hydrogens is 220 g/mol. The number of carbonyl (C=O) groups is 2. The standard InChI is InChI=1S/C12H16N2O3/c1-8(2)6-14-10(12(16)17)7-13-5-3-4-9(13)11(14)15/h3-5,8,10H,6-7H2,1-2H3,(H,16,17)/t10-/m1/s1. The van der Waals surface area contributed by atoms with Crippen molar-refractivity contribution in [2.24, 2.45) is 5.92 Å². The highest BCUT2D eigenvalue weighted by atomic mass is 16.4. The molecule has 0 saturated carbocycles. The third kappa shape index (κ3) is 2.05. The molecule has 1 aromatic rings. The normalized spacial score (nSPS) is 19.6. The number of carbonyl (C=O) groups excluding carboxylic acids is 1. The van der Waals surface area contributed by atoms with Crippen LogP contribution in [0.15, 0.2) is 18.3 Å². The number of aromatic nitrogens is 1. The second-order valence-electron chi connectivity index (χ2n) is 4.75. The average molecular weight is 236 g/mol. The summed E-state index contributed by atoms with van der Waals surface area (Å²) in [6, 6.07) is 2.74. The molecule has 0 aliphatic carbocycles. The molecule has 17 heavy (non-hydrogen) atoms. The summed E-state index contributed by atoms with van der Waals surface area (Å²) in [6.45, 7) is 4.75. The molecule has 92 valence electrons. The molecule has 5 heteroatoms. The van der Waals surface area contributed by atoms with Gasteiger partial charge in [-0.25, -0.2) is 4.79 Å². The topological polar surface area (TPSA) is 62.5 Å². The lowest BCUT2D eigenvalue weighted by Crippen LogP contribution is -2.52. The maximum atomic E-state index is 12.2. The molecule has 2 rings (SSSR count). The molecular formula is C12H16N2O3. The quantitative estimate of drug-likeness (QED) is 0.853. The lowest BCUT2D eigenvalue weighted by atomic mass is 10.1. The van der Waals surface area contributed by atoms with Gasteiger partial charge >= 0.3 is 5.97 Å². The largest absolute Gasteiger partial charge is 0.480 e. The first-order chi connectivity index (χ1) is 8.00. The molecule has 0 aromatic carbocycles. The number of hydrogen-bond acceptors (Lipinski definition) is 2. The molecule has 0 unspecified atom stereocenters. The van der Waals surface area contributed by atoms with Crippen LogP contribution in [0.25, 0.3) is 0 Å². The van der Waals surface area contributed by atoms with E-state index in [1.165, 1.54) is 4.90 Å². The van der Waals surface area contributed by atoms with Crippen molar-refractivity contribution in [1.29, 1.82) is 0 Å². The Morgan fingerprint density at radius 1 is 1.59 bits per heavy atom. The van der Waals surface area contributed by atoms with Gasteiger partial charge in [-0.05, 0) is 18.1 Å². The number of aliphatic carboxylic acids is 1. The fourth-order valence-electron chi connectivity index (χ4n) is 2.16. The van der Waals surface area contributed by atoms with E-state index in [-0.39, 0.29) is 11.8 Å². The summed E-state index contributed by atoms with van der Waals surface area (Å²) in [6.07, 6.45) is 1.75. The minimum Gasteiger partial charge on any atom is -0.480 e. The summed E-state index contributed by atoms with van der Waals surface area (Å²) in [5.74, 6) is -0.886. The van der Waals surface area contributed by atoms with E-state index in [0.29, 0.717) is 18.8 Å². The van der Waals surface area contributed by atoms with Gasteiger partial charge < -0.3 is 14.6 Å². The maximum absolute atomic E-state index is 12.2. The van der Waals surface area contributed by atoms with Crippen LogP contribution in [0.1, 0.15) is 24.3 Å². The van der Waals surface area contributed by atoms with Crippen LogP contribution >= 0.6 is 0 Å². The van der Waals surface area contributed by atoms with Gasteiger partial charge in [0, 0.05) is 12.7 Å². The van der Waals surface area contributed by atoms with Crippen molar-refractivity contribution < 1.29 is 14.7 Å². The van der Waals surface area contributed by atoms with E-state index in [9.17, 15) is 14.7 Å². The Balaban J connectivity index is 2.34. The van der Waals surface area contributed by atoms with Crippen molar-refractivity contribution >= 4 is 11.9 Å². The van der Waals surface area contributed by atoms with E-state index in [1.807, 2.05) is 13.8 Å². The second-order valence-corrected chi connectivity index (χ2v) is 4.75. The number of rotatable bonds is 3. The minimum absolute atomic E-state index is 0.192. The van der Waals surface area contributed by atoms with Crippen molar-refractivity contribution in [2.75, 3.05) is 6.54 Å². The minimum atomic E-state index is -0.946. The molecule has 0 radical (unpaired) electrons. The highest BCUT2D eigenvalue weighted by molar-refractivity contribution is 5.96. The van der Waals surface area contributed by atoms with Crippen molar-refractivity contribution in [3.63, 3.8) is 0 Å². The number of fused-ring (bicyclic) bond motifs is 1. The smallest absolute Gasteiger partial charge is 0.328 e. The summed E-state index contributed by atoms with van der Waals surface area (Å²) in [5, 5.41) is 9.20. The van der Waals surface area contributed by atoms with Crippen LogP contribution in [0.3, 0.4) is 0 Å². The van der Waals surface area contributed by atoms with Gasteiger partial charge in [0.1, 0.15) is 11.7 Å². The van der Waals surface area contributed by atoms with Crippen LogP contribution < -0.4 is 0 Å². The first kappa shape index (κ1) is 11.7. The van der Waals surface area contributed by atoms with Crippen molar-refractivity contribution in [1.82, 2.24) is 9.47 Å². The molecule has 5 nitrogen and oxygen atoms in total. The zero-order chi connectivity index (χ0) is 12.6. The SMILES string of the molecule is CC(C)CN1C(=O)c2cccn2C[C@@H]1C(=O)O. The van der Waals surface area contributed by atoms with Crippen LogP contribution in [-0.4, -0.2) is 39.0 Å². The second kappa shape index (κ2) is 4.24. The first-order valence-corrected chi connectivity index (χ1v) is 5.69. The van der Waals surface area contributed by atoms with Gasteiger partial charge in [0.05, 0.1) is 6.54 Å². The zero-order valence-electron chi connectivity index (χ0n) is 9.96. The van der Waals surface area contributed by atoms with Crippen LogP contribution in [-0.2, 0) is 11.3 Å². The first-order valence-electron chi connectivity index (χ1n) is 5.69. The average Bonchev–Trinajstić information content (AvgIpc) is 2.69. The molecule has 1 aromatic heterocycles. The number of carboxylic acids is 1. The Morgan fingerprint density at radius 2 is 2.29 bits per heavy atom. The molecule has 0 saturated heterocycles. The maximum Gasteiger partial charge on any atom is 0.328 e. The molecule has 0 fully saturated rings. The number of carboxylic acid groups (broad SMARTS) is 1. The summed E-state index contributed by atoms with van der Waals surface area (Å²) in [5.41, 5.74) is 0.572. The fraction of sp³-hybridized carbons (Fsp3) is 0.500. The van der Waals surface area contributed by atoms with Gasteiger partial charge in [-0.3, -0.25) is 4.79 Å². The van der Waals surface area contributed by atoms with E-state index in [4.69, 9.17) is 0 Å². The highest BCUT2D eigenvalue weighted by Crippen LogP contribution is 2.19. The molecule has 0 bridgehead atoms. The molecule has 1 atom stereocenters. The Hall–Kier alpha value is -1.78. The van der Waals surface area contributed by atoms with E-state index < -0.39 is 12.0 Å². The van der Waals surface area contributed by atoms with Gasteiger partial charge in [0.25, 0.3) is 5.91 Å². The summed E-state index contributed by atoms with van der Waals surface area (Å²) < 4.78 is 1.71. The van der Waals surface area contributed by atoms with Gasteiger partial charge in [-0.15, -0.1) is 0 Å². The van der Waals surface area contributed by atoms with Crippen molar-refractivity contribution in [2.45, 2.75) is 26.4 Å². The third-order valence-corrected chi connectivity index (χ3v) is 2.90. The lowest BCUT2D eigenvalue weighted by Gasteiger charge is -2.35. The molecule has 1 aliphatic heterocycles. The molecule has 1 amide bonds. The Bertz CT molecular complexity index is 450. The molecule has 1 aliphatic rings. The van der Waals surface area contributed by atoms with Crippen LogP contribution in [0.2, 0.25) is 0 Å². The fourth-order valence-corrected chi connectivity index (χ4v) is 2.16. The van der Waals surface area contributed by atoms with E-state index >= 15 is 0 Å². The summed E-state index contributed by atoms with van der Waals surface area (Å²) in [7, 11) is 0. The summed E-state index contributed by atoms with van der Waals surface area (Å²) in [4.78, 5) is 24.8. The molecule has 0 spiro atoms. The van der Waals surface area contributed by atoms with Crippen LogP contribution in [0.5, 0.6) is 0 Å². The number of nitrogens with zero attached hydrogens (tertiary/aromatic N) is 2. The van der Waals surface area contributed by atoms with Gasteiger partial charge in [0.15, 0.2) is 0 Å². The van der Waals surface area contributed by atoms with Gasteiger partial charge in [-0.1, -0.05) is 13.8 Å². The van der Waals surface area contributed by atoms with Crippen LogP contribution in [0.4, 0.5) is 0 Å².